The van der Waals surface area contributed by atoms with E-state index in [1.807, 2.05) is 5.70 Å². The van der Waals surface area contributed by atoms with Gasteiger partial charge in [0.1, 0.15) is 0 Å². The lowest BCUT2D eigenvalue weighted by Crippen LogP contribution is -2.68. The topological polar surface area (TPSA) is 36.9 Å². The van der Waals surface area contributed by atoms with Gasteiger partial charge in [-0.1, -0.05) is 12.6 Å². The summed E-state index contributed by atoms with van der Waals surface area (Å²) < 4.78 is 24.9. The highest BCUT2D eigenvalue weighted by Crippen LogP contribution is 2.37. The normalized spacial score (nSPS) is 14.9. The summed E-state index contributed by atoms with van der Waals surface area (Å²) in [6, 6.07) is 0.839. The van der Waals surface area contributed by atoms with Crippen LogP contribution in [0.3, 0.4) is 0 Å². The fourth-order valence-electron chi connectivity index (χ4n) is 2.95. The summed E-state index contributed by atoms with van der Waals surface area (Å²) in [7, 11) is -3.10. The lowest BCUT2D eigenvalue weighted by molar-refractivity contribution is 0.0628. The monoisotopic (exact) mass is 378 g/mol. The summed E-state index contributed by atoms with van der Waals surface area (Å²) in [5.41, 5.74) is 1.97. The Morgan fingerprint density at radius 1 is 0.870 bits per heavy atom. The molecule has 0 aromatic carbocycles. The van der Waals surface area contributed by atoms with Gasteiger partial charge in [-0.3, -0.25) is 0 Å². The predicted octanol–water partition coefficient (Wildman–Crippen LogP) is 4.55. The molecule has 4 nitrogen and oxygen atoms in total. The Hall–Kier alpha value is 0.231. The quantitative estimate of drug-likeness (QED) is 0.523. The van der Waals surface area contributed by atoms with Gasteiger partial charge in [0.2, 0.25) is 16.6 Å². The molecule has 0 bridgehead atoms. The zero-order valence-corrected chi connectivity index (χ0v) is 20.1. The van der Waals surface area contributed by atoms with Gasteiger partial charge in [-0.25, -0.2) is 0 Å². The highest BCUT2D eigenvalue weighted by Gasteiger charge is 2.56. The second kappa shape index (κ2) is 7.63. The van der Waals surface area contributed by atoms with E-state index in [9.17, 15) is 0 Å². The Kier molecular flexibility index (Phi) is 7.71. The highest BCUT2D eigenvalue weighted by atomic mass is 28.4. The van der Waals surface area contributed by atoms with Crippen LogP contribution < -0.4 is 0 Å². The first-order valence-corrected chi connectivity index (χ1v) is 16.2. The van der Waals surface area contributed by atoms with Crippen molar-refractivity contribution in [2.24, 2.45) is 0 Å². The minimum atomic E-state index is -2.45. The SMILES string of the molecule is C=C[Si](C)(C)OC(C)(C)[Si](C)(C)OC(C)(C)[Si](CC)(OC)OC. The van der Waals surface area contributed by atoms with E-state index < -0.39 is 30.4 Å². The Morgan fingerprint density at radius 3 is 1.61 bits per heavy atom. The molecular formula is C16H38O4Si3. The molecule has 0 aliphatic rings. The van der Waals surface area contributed by atoms with Gasteiger partial charge in [-0.15, -0.1) is 6.58 Å². The second-order valence-corrected chi connectivity index (χ2v) is 20.5. The molecule has 7 heteroatoms. The Bertz CT molecular complexity index is 394. The minimum absolute atomic E-state index is 0.330. The van der Waals surface area contributed by atoms with E-state index in [4.69, 9.17) is 17.7 Å². The number of rotatable bonds is 10. The van der Waals surface area contributed by atoms with Gasteiger partial charge in [-0.2, -0.15) is 0 Å². The molecule has 0 radical (unpaired) electrons. The smallest absolute Gasteiger partial charge is 0.368 e. The summed E-state index contributed by atoms with van der Waals surface area (Å²) in [5.74, 6) is 0. The van der Waals surface area contributed by atoms with Crippen molar-refractivity contribution in [2.45, 2.75) is 77.3 Å². The molecule has 0 unspecified atom stereocenters. The lowest BCUT2D eigenvalue weighted by atomic mass is 10.5. The van der Waals surface area contributed by atoms with Crippen molar-refractivity contribution in [3.63, 3.8) is 0 Å². The molecule has 0 atom stereocenters. The predicted molar refractivity (Wildman–Crippen MR) is 106 cm³/mol. The fraction of sp³-hybridized carbons (Fsp3) is 0.875. The van der Waals surface area contributed by atoms with Crippen molar-refractivity contribution >= 4 is 25.2 Å². The minimum Gasteiger partial charge on any atom is -0.408 e. The van der Waals surface area contributed by atoms with Crippen LogP contribution in [0.15, 0.2) is 12.3 Å². The van der Waals surface area contributed by atoms with Crippen LogP contribution in [-0.2, 0) is 17.7 Å². The molecule has 0 rings (SSSR count). The van der Waals surface area contributed by atoms with Crippen LogP contribution in [0.25, 0.3) is 0 Å². The van der Waals surface area contributed by atoms with Crippen LogP contribution in [0.5, 0.6) is 0 Å². The molecule has 138 valence electrons. The number of hydrogen-bond acceptors (Lipinski definition) is 4. The van der Waals surface area contributed by atoms with E-state index in [2.05, 4.69) is 67.4 Å². The maximum atomic E-state index is 6.73. The largest absolute Gasteiger partial charge is 0.408 e. The van der Waals surface area contributed by atoms with E-state index in [-0.39, 0.29) is 5.22 Å². The molecular weight excluding hydrogens is 340 g/mol. The molecule has 23 heavy (non-hydrogen) atoms. The molecule has 0 spiro atoms. The average Bonchev–Trinajstić information content (AvgIpc) is 2.38. The molecule has 0 aliphatic heterocycles. The van der Waals surface area contributed by atoms with Gasteiger partial charge >= 0.3 is 8.56 Å². The third-order valence-corrected chi connectivity index (χ3v) is 15.6. The molecule has 0 aliphatic carbocycles. The van der Waals surface area contributed by atoms with Crippen LogP contribution in [0.1, 0.15) is 34.6 Å². The molecule has 0 saturated carbocycles. The first kappa shape index (κ1) is 23.2. The van der Waals surface area contributed by atoms with Crippen molar-refractivity contribution < 1.29 is 17.7 Å². The lowest BCUT2D eigenvalue weighted by Gasteiger charge is -2.50. The molecule has 0 aromatic heterocycles. The molecule has 0 fully saturated rings. The van der Waals surface area contributed by atoms with Gasteiger partial charge < -0.3 is 17.7 Å². The maximum Gasteiger partial charge on any atom is 0.368 e. The van der Waals surface area contributed by atoms with E-state index in [0.29, 0.717) is 0 Å². The van der Waals surface area contributed by atoms with Gasteiger partial charge in [0.25, 0.3) is 0 Å². The first-order chi connectivity index (χ1) is 10.2. The summed E-state index contributed by atoms with van der Waals surface area (Å²) in [6.07, 6.45) is 0. The van der Waals surface area contributed by atoms with Crippen molar-refractivity contribution in [3.8, 4) is 0 Å². The maximum absolute atomic E-state index is 6.73. The van der Waals surface area contributed by atoms with Crippen LogP contribution >= 0.6 is 0 Å². The zero-order chi connectivity index (χ0) is 18.7. The van der Waals surface area contributed by atoms with E-state index in [1.54, 1.807) is 14.2 Å². The van der Waals surface area contributed by atoms with E-state index >= 15 is 0 Å². The van der Waals surface area contributed by atoms with E-state index in [0.717, 1.165) is 6.04 Å². The Balaban J connectivity index is 5.56. The van der Waals surface area contributed by atoms with Crippen LogP contribution in [0, 0.1) is 0 Å². The molecule has 0 amide bonds. The molecule has 0 heterocycles. The fourth-order valence-corrected chi connectivity index (χ4v) is 11.6. The van der Waals surface area contributed by atoms with Crippen molar-refractivity contribution in [3.05, 3.63) is 12.3 Å². The van der Waals surface area contributed by atoms with Gasteiger partial charge in [0.05, 0.1) is 10.4 Å². The van der Waals surface area contributed by atoms with Crippen molar-refractivity contribution in [2.75, 3.05) is 14.2 Å². The third-order valence-electron chi connectivity index (χ3n) is 5.01. The molecule has 0 N–H and O–H groups in total. The highest BCUT2D eigenvalue weighted by molar-refractivity contribution is 6.80. The van der Waals surface area contributed by atoms with Gasteiger partial charge in [-0.05, 0) is 59.9 Å². The summed E-state index contributed by atoms with van der Waals surface area (Å²) >= 11 is 0. The Labute approximate surface area is 147 Å². The zero-order valence-electron chi connectivity index (χ0n) is 17.1. The van der Waals surface area contributed by atoms with E-state index in [1.165, 1.54) is 0 Å². The van der Waals surface area contributed by atoms with Crippen LogP contribution in [-0.4, -0.2) is 49.9 Å². The van der Waals surface area contributed by atoms with Crippen LogP contribution in [0.4, 0.5) is 0 Å². The average molecular weight is 379 g/mol. The summed E-state index contributed by atoms with van der Waals surface area (Å²) in [5, 5.41) is -0.787. The Morgan fingerprint density at radius 2 is 1.30 bits per heavy atom. The summed E-state index contributed by atoms with van der Waals surface area (Å²) in [6.45, 7) is 23.2. The molecule has 0 aromatic rings. The third kappa shape index (κ3) is 5.10. The van der Waals surface area contributed by atoms with Crippen LogP contribution in [0.2, 0.25) is 32.2 Å². The first-order valence-electron chi connectivity index (χ1n) is 8.30. The van der Waals surface area contributed by atoms with Crippen molar-refractivity contribution in [1.82, 2.24) is 0 Å². The van der Waals surface area contributed by atoms with Crippen molar-refractivity contribution in [1.29, 1.82) is 0 Å². The summed E-state index contributed by atoms with van der Waals surface area (Å²) in [4.78, 5) is 0. The number of hydrogen-bond donors (Lipinski definition) is 0. The molecule has 0 saturated heterocycles. The standard InChI is InChI=1S/C16H38O4Si3/c1-13-21(9,10)19-15(3,4)22(11,12)20-16(5,6)23(14-2,17-7)18-8/h13H,1,14H2,2-12H3. The van der Waals surface area contributed by atoms with Gasteiger partial charge in [0.15, 0.2) is 0 Å². The van der Waals surface area contributed by atoms with Gasteiger partial charge in [0, 0.05) is 14.2 Å². The second-order valence-electron chi connectivity index (χ2n) is 8.06.